The van der Waals surface area contributed by atoms with Gasteiger partial charge in [-0.2, -0.15) is 4.31 Å². The molecule has 1 atom stereocenters. The Bertz CT molecular complexity index is 719. The van der Waals surface area contributed by atoms with E-state index in [2.05, 4.69) is 0 Å². The highest BCUT2D eigenvalue weighted by atomic mass is 35.5. The topological polar surface area (TPSA) is 57.6 Å². The molecule has 0 saturated heterocycles. The maximum Gasteiger partial charge on any atom is 0.252 e. The fourth-order valence-corrected chi connectivity index (χ4v) is 5.12. The molecule has 0 aliphatic carbocycles. The monoisotopic (exact) mass is 345 g/mol. The summed E-state index contributed by atoms with van der Waals surface area (Å²) in [5, 5.41) is 9.30. The summed E-state index contributed by atoms with van der Waals surface area (Å²) in [5.41, 5.74) is 1.56. The van der Waals surface area contributed by atoms with Crippen LogP contribution in [0.5, 0.6) is 5.75 Å². The third kappa shape index (κ3) is 3.23. The first-order valence-corrected chi connectivity index (χ1v) is 8.90. The number of thiophene rings is 1. The van der Waals surface area contributed by atoms with Crippen molar-refractivity contribution in [1.29, 1.82) is 0 Å². The van der Waals surface area contributed by atoms with E-state index in [1.165, 1.54) is 11.4 Å². The fourth-order valence-electron chi connectivity index (χ4n) is 1.87. The van der Waals surface area contributed by atoms with E-state index in [1.54, 1.807) is 44.2 Å². The van der Waals surface area contributed by atoms with Crippen LogP contribution in [0.15, 0.2) is 34.5 Å². The minimum absolute atomic E-state index is 0.150. The van der Waals surface area contributed by atoms with E-state index in [4.69, 9.17) is 11.6 Å². The van der Waals surface area contributed by atoms with Gasteiger partial charge in [0.05, 0.1) is 4.34 Å². The third-order valence-corrected chi connectivity index (χ3v) is 7.32. The molecule has 0 radical (unpaired) electrons. The van der Waals surface area contributed by atoms with Crippen molar-refractivity contribution in [3.63, 3.8) is 0 Å². The molecule has 0 aliphatic heterocycles. The number of benzene rings is 1. The molecular formula is C14H16ClNO3S2. The minimum atomic E-state index is -3.59. The van der Waals surface area contributed by atoms with Gasteiger partial charge in [0.1, 0.15) is 9.96 Å². The Labute approximate surface area is 133 Å². The summed E-state index contributed by atoms with van der Waals surface area (Å²) in [7, 11) is -2.06. The Morgan fingerprint density at radius 3 is 2.33 bits per heavy atom. The molecule has 0 bridgehead atoms. The van der Waals surface area contributed by atoms with Gasteiger partial charge in [-0.1, -0.05) is 23.7 Å². The Kier molecular flexibility index (Phi) is 4.63. The molecule has 0 saturated carbocycles. The first-order chi connectivity index (χ1) is 9.73. The molecule has 2 rings (SSSR count). The molecule has 1 aromatic heterocycles. The highest BCUT2D eigenvalue weighted by molar-refractivity contribution is 7.91. The fraction of sp³-hybridized carbons (Fsp3) is 0.286. The molecule has 2 aromatic rings. The van der Waals surface area contributed by atoms with Crippen molar-refractivity contribution in [3.05, 3.63) is 45.8 Å². The van der Waals surface area contributed by atoms with Crippen molar-refractivity contribution in [1.82, 2.24) is 4.31 Å². The van der Waals surface area contributed by atoms with Gasteiger partial charge in [-0.15, -0.1) is 11.3 Å². The lowest BCUT2D eigenvalue weighted by Crippen LogP contribution is -2.29. The van der Waals surface area contributed by atoms with Gasteiger partial charge in [-0.25, -0.2) is 8.42 Å². The smallest absolute Gasteiger partial charge is 0.252 e. The van der Waals surface area contributed by atoms with Crippen molar-refractivity contribution in [2.24, 2.45) is 0 Å². The van der Waals surface area contributed by atoms with Gasteiger partial charge in [0.25, 0.3) is 10.0 Å². The number of rotatable bonds is 4. The first-order valence-electron chi connectivity index (χ1n) is 6.26. The van der Waals surface area contributed by atoms with Crippen LogP contribution in [0.3, 0.4) is 0 Å². The molecule has 0 fully saturated rings. The molecule has 4 nitrogen and oxygen atoms in total. The van der Waals surface area contributed by atoms with E-state index in [9.17, 15) is 13.5 Å². The minimum Gasteiger partial charge on any atom is -0.508 e. The predicted molar refractivity (Wildman–Crippen MR) is 85.5 cm³/mol. The molecule has 21 heavy (non-hydrogen) atoms. The van der Waals surface area contributed by atoms with Crippen LogP contribution in [-0.2, 0) is 10.0 Å². The third-order valence-electron chi connectivity index (χ3n) is 3.39. The number of phenolic OH excluding ortho intramolecular Hbond substituents is 1. The quantitative estimate of drug-likeness (QED) is 0.917. The zero-order valence-corrected chi connectivity index (χ0v) is 14.3. The van der Waals surface area contributed by atoms with Crippen LogP contribution in [0.1, 0.15) is 24.1 Å². The van der Waals surface area contributed by atoms with E-state index in [1.807, 2.05) is 0 Å². The SMILES string of the molecule is Cc1cc(S(=O)(=O)N(C)C(C)c2ccc(O)cc2)sc1Cl. The number of hydrogen-bond acceptors (Lipinski definition) is 4. The van der Waals surface area contributed by atoms with Gasteiger partial charge in [-0.05, 0) is 43.2 Å². The maximum absolute atomic E-state index is 12.6. The summed E-state index contributed by atoms with van der Waals surface area (Å²) < 4.78 is 27.2. The Balaban J connectivity index is 2.33. The number of sulfonamides is 1. The van der Waals surface area contributed by atoms with Crippen molar-refractivity contribution < 1.29 is 13.5 Å². The molecule has 114 valence electrons. The highest BCUT2D eigenvalue weighted by Crippen LogP contribution is 2.34. The van der Waals surface area contributed by atoms with Gasteiger partial charge < -0.3 is 5.11 Å². The number of aromatic hydroxyl groups is 1. The Morgan fingerprint density at radius 2 is 1.86 bits per heavy atom. The summed E-state index contributed by atoms with van der Waals surface area (Å²) in [6.07, 6.45) is 0. The van der Waals surface area contributed by atoms with Crippen molar-refractivity contribution >= 4 is 33.0 Å². The molecule has 0 spiro atoms. The van der Waals surface area contributed by atoms with Crippen LogP contribution in [0.2, 0.25) is 4.34 Å². The van der Waals surface area contributed by atoms with E-state index in [0.29, 0.717) is 4.34 Å². The van der Waals surface area contributed by atoms with Gasteiger partial charge >= 0.3 is 0 Å². The number of halogens is 1. The van der Waals surface area contributed by atoms with E-state index < -0.39 is 10.0 Å². The molecule has 1 unspecified atom stereocenters. The molecule has 7 heteroatoms. The number of aryl methyl sites for hydroxylation is 1. The molecule has 0 aliphatic rings. The zero-order chi connectivity index (χ0) is 15.8. The standard InChI is InChI=1S/C14H16ClNO3S2/c1-9-8-13(20-14(9)15)21(18,19)16(3)10(2)11-4-6-12(17)7-5-11/h4-8,10,17H,1-3H3. The van der Waals surface area contributed by atoms with Crippen LogP contribution in [0, 0.1) is 6.92 Å². The van der Waals surface area contributed by atoms with Crippen LogP contribution in [0.4, 0.5) is 0 Å². The second-order valence-electron chi connectivity index (χ2n) is 4.81. The maximum atomic E-state index is 12.6. The average molecular weight is 346 g/mol. The normalized spacial score (nSPS) is 13.6. The number of phenols is 1. The lowest BCUT2D eigenvalue weighted by Gasteiger charge is -2.24. The lowest BCUT2D eigenvalue weighted by molar-refractivity contribution is 0.399. The zero-order valence-electron chi connectivity index (χ0n) is 11.9. The van der Waals surface area contributed by atoms with Crippen molar-refractivity contribution in [3.8, 4) is 5.75 Å². The molecule has 0 amide bonds. The van der Waals surface area contributed by atoms with Gasteiger partial charge in [0.2, 0.25) is 0 Å². The average Bonchev–Trinajstić information content (AvgIpc) is 2.78. The van der Waals surface area contributed by atoms with Crippen molar-refractivity contribution in [2.45, 2.75) is 24.1 Å². The molecule has 1 heterocycles. The van der Waals surface area contributed by atoms with Crippen LogP contribution in [-0.4, -0.2) is 24.9 Å². The molecule has 1 N–H and O–H groups in total. The second kappa shape index (κ2) is 5.96. The summed E-state index contributed by atoms with van der Waals surface area (Å²) in [4.78, 5) is 0. The number of nitrogens with zero attached hydrogens (tertiary/aromatic N) is 1. The highest BCUT2D eigenvalue weighted by Gasteiger charge is 2.28. The van der Waals surface area contributed by atoms with Crippen LogP contribution < -0.4 is 0 Å². The molecule has 1 aromatic carbocycles. The first kappa shape index (κ1) is 16.3. The summed E-state index contributed by atoms with van der Waals surface area (Å²) in [6, 6.07) is 7.73. The summed E-state index contributed by atoms with van der Waals surface area (Å²) in [5.74, 6) is 0.150. The predicted octanol–water partition coefficient (Wildman–Crippen LogP) is 3.80. The van der Waals surface area contributed by atoms with Gasteiger partial charge in [-0.3, -0.25) is 0 Å². The Hall–Kier alpha value is -1.08. The Morgan fingerprint density at radius 1 is 1.29 bits per heavy atom. The lowest BCUT2D eigenvalue weighted by atomic mass is 10.1. The van der Waals surface area contributed by atoms with Gasteiger partial charge in [0.15, 0.2) is 0 Å². The second-order valence-corrected chi connectivity index (χ2v) is 8.69. The van der Waals surface area contributed by atoms with Crippen LogP contribution in [0.25, 0.3) is 0 Å². The summed E-state index contributed by atoms with van der Waals surface area (Å²) in [6.45, 7) is 3.58. The van der Waals surface area contributed by atoms with Crippen LogP contribution >= 0.6 is 22.9 Å². The number of hydrogen-bond donors (Lipinski definition) is 1. The van der Waals surface area contributed by atoms with Gasteiger partial charge in [0, 0.05) is 13.1 Å². The van der Waals surface area contributed by atoms with E-state index in [-0.39, 0.29) is 16.0 Å². The van der Waals surface area contributed by atoms with Crippen molar-refractivity contribution in [2.75, 3.05) is 7.05 Å². The summed E-state index contributed by atoms with van der Waals surface area (Å²) >= 11 is 7.02. The van der Waals surface area contributed by atoms with E-state index >= 15 is 0 Å². The largest absolute Gasteiger partial charge is 0.508 e. The van der Waals surface area contributed by atoms with E-state index in [0.717, 1.165) is 22.5 Å². The molecular weight excluding hydrogens is 330 g/mol.